The standard InChI is InChI=1S/C24H39N3O3S/c1-23(2)13-18(14-24(3,4)26-23)25-22(31)27(16-19-8-7-11-30-19)15-17-9-10-20(28-5)21(12-17)29-6/h9-10,12,18-19,26H,7-8,11,13-16H2,1-6H3,(H,25,31). The number of thiocarbonyl (C=S) groups is 1. The molecule has 1 atom stereocenters. The first kappa shape index (κ1) is 24.1. The van der Waals surface area contributed by atoms with E-state index in [4.69, 9.17) is 26.4 Å². The van der Waals surface area contributed by atoms with Crippen molar-refractivity contribution in [3.8, 4) is 11.5 Å². The van der Waals surface area contributed by atoms with Gasteiger partial charge in [-0.1, -0.05) is 6.07 Å². The van der Waals surface area contributed by atoms with Crippen LogP contribution < -0.4 is 20.1 Å². The molecule has 6 nitrogen and oxygen atoms in total. The number of ether oxygens (including phenoxy) is 3. The van der Waals surface area contributed by atoms with Gasteiger partial charge in [0, 0.05) is 36.8 Å². The highest BCUT2D eigenvalue weighted by atomic mass is 32.1. The highest BCUT2D eigenvalue weighted by Crippen LogP contribution is 2.30. The van der Waals surface area contributed by atoms with Crippen LogP contribution in [0.25, 0.3) is 0 Å². The van der Waals surface area contributed by atoms with Gasteiger partial charge >= 0.3 is 0 Å². The summed E-state index contributed by atoms with van der Waals surface area (Å²) < 4.78 is 16.8. The monoisotopic (exact) mass is 449 g/mol. The van der Waals surface area contributed by atoms with Crippen LogP contribution in [-0.4, -0.2) is 60.6 Å². The summed E-state index contributed by atoms with van der Waals surface area (Å²) in [5.74, 6) is 1.47. The quantitative estimate of drug-likeness (QED) is 0.613. The first-order valence-electron chi connectivity index (χ1n) is 11.3. The molecule has 2 heterocycles. The van der Waals surface area contributed by atoms with Gasteiger partial charge in [0.1, 0.15) is 0 Å². The fraction of sp³-hybridized carbons (Fsp3) is 0.708. The molecule has 0 bridgehead atoms. The number of piperidine rings is 1. The van der Waals surface area contributed by atoms with Gasteiger partial charge in [0.2, 0.25) is 0 Å². The second kappa shape index (κ2) is 9.92. The molecule has 1 aromatic carbocycles. The van der Waals surface area contributed by atoms with Crippen molar-refractivity contribution in [2.45, 2.75) is 83.1 Å². The van der Waals surface area contributed by atoms with Gasteiger partial charge in [-0.15, -0.1) is 0 Å². The highest BCUT2D eigenvalue weighted by molar-refractivity contribution is 7.80. The Morgan fingerprint density at radius 2 is 1.84 bits per heavy atom. The van der Waals surface area contributed by atoms with E-state index in [1.165, 1.54) is 0 Å². The number of methoxy groups -OCH3 is 2. The molecule has 0 amide bonds. The van der Waals surface area contributed by atoms with Gasteiger partial charge in [-0.3, -0.25) is 0 Å². The van der Waals surface area contributed by atoms with Gasteiger partial charge in [0.05, 0.1) is 20.3 Å². The Balaban J connectivity index is 1.74. The minimum Gasteiger partial charge on any atom is -0.493 e. The highest BCUT2D eigenvalue weighted by Gasteiger charge is 2.38. The third-order valence-electron chi connectivity index (χ3n) is 6.07. The molecule has 2 N–H and O–H groups in total. The Bertz CT molecular complexity index is 746. The van der Waals surface area contributed by atoms with Crippen molar-refractivity contribution in [2.24, 2.45) is 0 Å². The Morgan fingerprint density at radius 1 is 1.16 bits per heavy atom. The molecule has 7 heteroatoms. The van der Waals surface area contributed by atoms with Gasteiger partial charge in [-0.05, 0) is 83.3 Å². The zero-order chi connectivity index (χ0) is 22.6. The van der Waals surface area contributed by atoms with Crippen molar-refractivity contribution >= 4 is 17.3 Å². The van der Waals surface area contributed by atoms with Crippen molar-refractivity contribution in [2.75, 3.05) is 27.4 Å². The normalized spacial score (nSPS) is 22.7. The molecule has 0 radical (unpaired) electrons. The summed E-state index contributed by atoms with van der Waals surface area (Å²) in [6.45, 7) is 11.4. The topological polar surface area (TPSA) is 55.0 Å². The Labute approximate surface area is 193 Å². The van der Waals surface area contributed by atoms with E-state index in [1.807, 2.05) is 12.1 Å². The Hall–Kier alpha value is -1.57. The van der Waals surface area contributed by atoms with Crippen LogP contribution in [-0.2, 0) is 11.3 Å². The summed E-state index contributed by atoms with van der Waals surface area (Å²) in [6, 6.07) is 6.38. The van der Waals surface area contributed by atoms with E-state index in [0.29, 0.717) is 12.6 Å². The summed E-state index contributed by atoms with van der Waals surface area (Å²) in [6.07, 6.45) is 4.48. The predicted octanol–water partition coefficient (Wildman–Crippen LogP) is 3.87. The average molecular weight is 450 g/mol. The van der Waals surface area contributed by atoms with Crippen molar-refractivity contribution in [1.82, 2.24) is 15.5 Å². The lowest BCUT2D eigenvalue weighted by Gasteiger charge is -2.47. The van der Waals surface area contributed by atoms with Crippen LogP contribution in [0, 0.1) is 0 Å². The summed E-state index contributed by atoms with van der Waals surface area (Å²) in [7, 11) is 3.32. The van der Waals surface area contributed by atoms with Gasteiger partial charge in [0.15, 0.2) is 16.6 Å². The smallest absolute Gasteiger partial charge is 0.169 e. The molecule has 31 heavy (non-hydrogen) atoms. The van der Waals surface area contributed by atoms with E-state index in [1.54, 1.807) is 14.2 Å². The summed E-state index contributed by atoms with van der Waals surface area (Å²) >= 11 is 5.93. The number of nitrogens with zero attached hydrogens (tertiary/aromatic N) is 1. The molecule has 1 unspecified atom stereocenters. The molecule has 1 aromatic rings. The SMILES string of the molecule is COc1ccc(CN(CC2CCCO2)C(=S)NC2CC(C)(C)NC(C)(C)C2)cc1OC. The van der Waals surface area contributed by atoms with E-state index in [0.717, 1.165) is 61.0 Å². The molecule has 2 fully saturated rings. The average Bonchev–Trinajstić information content (AvgIpc) is 3.18. The molecular formula is C24H39N3O3S. The second-order valence-electron chi connectivity index (χ2n) is 10.2. The van der Waals surface area contributed by atoms with E-state index >= 15 is 0 Å². The number of rotatable bonds is 7. The minimum atomic E-state index is 0.0672. The van der Waals surface area contributed by atoms with Crippen LogP contribution in [0.4, 0.5) is 0 Å². The van der Waals surface area contributed by atoms with Crippen molar-refractivity contribution in [3.63, 3.8) is 0 Å². The second-order valence-corrected chi connectivity index (χ2v) is 10.5. The number of hydrogen-bond acceptors (Lipinski definition) is 5. The largest absolute Gasteiger partial charge is 0.493 e. The molecule has 2 aliphatic heterocycles. The molecule has 2 aliphatic rings. The lowest BCUT2D eigenvalue weighted by Crippen LogP contribution is -2.63. The van der Waals surface area contributed by atoms with Crippen LogP contribution in [0.5, 0.6) is 11.5 Å². The van der Waals surface area contributed by atoms with Gasteiger partial charge in [0.25, 0.3) is 0 Å². The van der Waals surface area contributed by atoms with Gasteiger partial charge in [-0.2, -0.15) is 0 Å². The van der Waals surface area contributed by atoms with Crippen molar-refractivity contribution < 1.29 is 14.2 Å². The zero-order valence-electron chi connectivity index (χ0n) is 19.9. The Kier molecular flexibility index (Phi) is 7.71. The number of hydrogen-bond donors (Lipinski definition) is 2. The maximum absolute atomic E-state index is 5.93. The molecular weight excluding hydrogens is 410 g/mol. The van der Waals surface area contributed by atoms with Crippen LogP contribution in [0.15, 0.2) is 18.2 Å². The summed E-state index contributed by atoms with van der Waals surface area (Å²) in [4.78, 5) is 2.24. The summed E-state index contributed by atoms with van der Waals surface area (Å²) in [5.41, 5.74) is 1.26. The third kappa shape index (κ3) is 6.70. The molecule has 0 aliphatic carbocycles. The number of benzene rings is 1. The van der Waals surface area contributed by atoms with Gasteiger partial charge < -0.3 is 29.7 Å². The van der Waals surface area contributed by atoms with Crippen LogP contribution in [0.1, 0.15) is 58.9 Å². The molecule has 2 saturated heterocycles. The summed E-state index contributed by atoms with van der Waals surface area (Å²) in [5, 5.41) is 8.22. The first-order valence-corrected chi connectivity index (χ1v) is 11.7. The number of nitrogens with one attached hydrogen (secondary N) is 2. The van der Waals surface area contributed by atoms with Crippen molar-refractivity contribution in [3.05, 3.63) is 23.8 Å². The molecule has 0 spiro atoms. The lowest BCUT2D eigenvalue weighted by molar-refractivity contribution is 0.0886. The van der Waals surface area contributed by atoms with E-state index < -0.39 is 0 Å². The van der Waals surface area contributed by atoms with E-state index in [9.17, 15) is 0 Å². The molecule has 3 rings (SSSR count). The maximum atomic E-state index is 5.93. The Morgan fingerprint density at radius 3 is 2.42 bits per heavy atom. The first-order chi connectivity index (χ1) is 14.6. The third-order valence-corrected chi connectivity index (χ3v) is 6.45. The van der Waals surface area contributed by atoms with Crippen LogP contribution in [0.2, 0.25) is 0 Å². The minimum absolute atomic E-state index is 0.0672. The lowest BCUT2D eigenvalue weighted by atomic mass is 9.80. The fourth-order valence-corrected chi connectivity index (χ4v) is 5.45. The van der Waals surface area contributed by atoms with Gasteiger partial charge in [-0.25, -0.2) is 0 Å². The van der Waals surface area contributed by atoms with Crippen LogP contribution in [0.3, 0.4) is 0 Å². The maximum Gasteiger partial charge on any atom is 0.169 e. The predicted molar refractivity (Wildman–Crippen MR) is 129 cm³/mol. The van der Waals surface area contributed by atoms with E-state index in [2.05, 4.69) is 49.3 Å². The van der Waals surface area contributed by atoms with Crippen molar-refractivity contribution in [1.29, 1.82) is 0 Å². The van der Waals surface area contributed by atoms with E-state index in [-0.39, 0.29) is 17.2 Å². The van der Waals surface area contributed by atoms with Crippen LogP contribution >= 0.6 is 12.2 Å². The molecule has 0 saturated carbocycles. The zero-order valence-corrected chi connectivity index (χ0v) is 20.7. The fourth-order valence-electron chi connectivity index (χ4n) is 5.14. The molecule has 0 aromatic heterocycles. The molecule has 174 valence electrons.